The minimum Gasteiger partial charge on any atom is -0.465 e. The Bertz CT molecular complexity index is 758. The van der Waals surface area contributed by atoms with Crippen molar-refractivity contribution in [2.45, 2.75) is 25.2 Å². The predicted molar refractivity (Wildman–Crippen MR) is 92.2 cm³/mol. The lowest BCUT2D eigenvalue weighted by Crippen LogP contribution is -2.30. The van der Waals surface area contributed by atoms with Crippen molar-refractivity contribution in [1.82, 2.24) is 25.5 Å². The molecule has 0 bridgehead atoms. The molecule has 1 aliphatic carbocycles. The molecular formula is C16H21N7O2. The Balaban J connectivity index is 1.38. The van der Waals surface area contributed by atoms with Crippen LogP contribution in [0.25, 0.3) is 0 Å². The molecule has 2 fully saturated rings. The number of carboxylic acid groups (broad SMARTS) is 1. The van der Waals surface area contributed by atoms with E-state index in [1.807, 2.05) is 12.1 Å². The molecule has 0 aromatic carbocycles. The van der Waals surface area contributed by atoms with Crippen LogP contribution in [-0.4, -0.2) is 51.0 Å². The maximum absolute atomic E-state index is 10.6. The van der Waals surface area contributed by atoms with Crippen LogP contribution in [0.5, 0.6) is 0 Å². The molecule has 9 nitrogen and oxygen atoms in total. The van der Waals surface area contributed by atoms with Crippen molar-refractivity contribution in [2.24, 2.45) is 5.92 Å². The van der Waals surface area contributed by atoms with E-state index in [9.17, 15) is 4.79 Å². The fourth-order valence-electron chi connectivity index (χ4n) is 3.12. The topological polar surface area (TPSA) is 119 Å². The van der Waals surface area contributed by atoms with Crippen LogP contribution in [0.2, 0.25) is 0 Å². The Kier molecular flexibility index (Phi) is 4.12. The third-order valence-electron chi connectivity index (χ3n) is 4.62. The molecule has 1 saturated heterocycles. The third kappa shape index (κ3) is 3.81. The average Bonchev–Trinajstić information content (AvgIpc) is 3.16. The summed E-state index contributed by atoms with van der Waals surface area (Å²) in [7, 11) is 0. The van der Waals surface area contributed by atoms with Crippen LogP contribution < -0.4 is 15.5 Å². The van der Waals surface area contributed by atoms with Crippen molar-refractivity contribution < 1.29 is 9.90 Å². The van der Waals surface area contributed by atoms with Crippen molar-refractivity contribution in [3.05, 3.63) is 24.0 Å². The molecule has 25 heavy (non-hydrogen) atoms. The van der Waals surface area contributed by atoms with Gasteiger partial charge in [0.15, 0.2) is 5.82 Å². The number of nitrogens with one attached hydrogen (secondary N) is 3. The highest BCUT2D eigenvalue weighted by molar-refractivity contribution is 5.64. The summed E-state index contributed by atoms with van der Waals surface area (Å²) in [5.41, 5.74) is 1.17. The van der Waals surface area contributed by atoms with E-state index in [0.29, 0.717) is 24.2 Å². The number of hydrogen-bond acceptors (Lipinski definition) is 6. The van der Waals surface area contributed by atoms with E-state index in [0.717, 1.165) is 25.3 Å². The van der Waals surface area contributed by atoms with Gasteiger partial charge in [-0.2, -0.15) is 10.1 Å². The van der Waals surface area contributed by atoms with Gasteiger partial charge in [-0.05, 0) is 31.2 Å². The highest BCUT2D eigenvalue weighted by Crippen LogP contribution is 2.39. The number of H-pyrrole nitrogens is 1. The van der Waals surface area contributed by atoms with Gasteiger partial charge in [0.05, 0.1) is 0 Å². The van der Waals surface area contributed by atoms with Gasteiger partial charge in [0.1, 0.15) is 5.82 Å². The molecule has 1 amide bonds. The lowest BCUT2D eigenvalue weighted by atomic mass is 10.1. The van der Waals surface area contributed by atoms with Gasteiger partial charge >= 0.3 is 6.09 Å². The summed E-state index contributed by atoms with van der Waals surface area (Å²) >= 11 is 0. The average molecular weight is 343 g/mol. The minimum absolute atomic E-state index is 0.281. The molecular weight excluding hydrogens is 322 g/mol. The standard InChI is InChI=1S/C16H21N7O2/c24-16(25)18-8-10-4-6-23(9-10)15-17-5-3-13(20-15)19-14-7-12(21-22-14)11-1-2-11/h3,5,7,10-11,18H,1-2,4,6,8-9H2,(H,24,25)(H2,17,19,20,21,22)/t10-/m1/s1. The molecule has 1 saturated carbocycles. The zero-order valence-electron chi connectivity index (χ0n) is 13.8. The van der Waals surface area contributed by atoms with Crippen LogP contribution in [0, 0.1) is 5.92 Å². The number of rotatable bonds is 6. The van der Waals surface area contributed by atoms with Gasteiger partial charge < -0.3 is 20.6 Å². The Morgan fingerprint density at radius 3 is 3.04 bits per heavy atom. The number of anilines is 3. The Labute approximate surface area is 144 Å². The van der Waals surface area contributed by atoms with E-state index >= 15 is 0 Å². The maximum Gasteiger partial charge on any atom is 0.404 e. The molecule has 4 N–H and O–H groups in total. The molecule has 2 aromatic rings. The largest absolute Gasteiger partial charge is 0.465 e. The first-order chi connectivity index (χ1) is 12.2. The quantitative estimate of drug-likeness (QED) is 0.632. The highest BCUT2D eigenvalue weighted by Gasteiger charge is 2.26. The number of aromatic amines is 1. The predicted octanol–water partition coefficient (Wildman–Crippen LogP) is 1.91. The highest BCUT2D eigenvalue weighted by atomic mass is 16.4. The van der Waals surface area contributed by atoms with Crippen LogP contribution in [0.15, 0.2) is 18.3 Å². The van der Waals surface area contributed by atoms with E-state index in [2.05, 4.69) is 35.7 Å². The summed E-state index contributed by atoms with van der Waals surface area (Å²) in [5.74, 6) is 3.02. The van der Waals surface area contributed by atoms with Gasteiger partial charge in [0.2, 0.25) is 5.95 Å². The summed E-state index contributed by atoms with van der Waals surface area (Å²) in [5, 5.41) is 21.7. The van der Waals surface area contributed by atoms with Crippen molar-refractivity contribution in [1.29, 1.82) is 0 Å². The molecule has 0 spiro atoms. The van der Waals surface area contributed by atoms with Gasteiger partial charge in [-0.25, -0.2) is 9.78 Å². The lowest BCUT2D eigenvalue weighted by molar-refractivity contribution is 0.192. The Morgan fingerprint density at radius 1 is 1.36 bits per heavy atom. The van der Waals surface area contributed by atoms with Crippen LogP contribution >= 0.6 is 0 Å². The van der Waals surface area contributed by atoms with Crippen LogP contribution in [0.1, 0.15) is 30.9 Å². The molecule has 9 heteroatoms. The third-order valence-corrected chi connectivity index (χ3v) is 4.62. The first kappa shape index (κ1) is 15.7. The van der Waals surface area contributed by atoms with E-state index in [1.165, 1.54) is 18.5 Å². The monoisotopic (exact) mass is 343 g/mol. The van der Waals surface area contributed by atoms with Crippen molar-refractivity contribution in [2.75, 3.05) is 29.9 Å². The zero-order valence-corrected chi connectivity index (χ0v) is 13.8. The van der Waals surface area contributed by atoms with Crippen molar-refractivity contribution >= 4 is 23.7 Å². The molecule has 132 valence electrons. The Morgan fingerprint density at radius 2 is 2.24 bits per heavy atom. The summed E-state index contributed by atoms with van der Waals surface area (Å²) in [4.78, 5) is 21.6. The van der Waals surface area contributed by atoms with Gasteiger partial charge in [-0.3, -0.25) is 5.10 Å². The van der Waals surface area contributed by atoms with Crippen LogP contribution in [0.3, 0.4) is 0 Å². The SMILES string of the molecule is O=C(O)NC[C@H]1CCN(c2nccc(Nc3cc(C4CC4)[nH]n3)n2)C1. The van der Waals surface area contributed by atoms with Crippen molar-refractivity contribution in [3.8, 4) is 0 Å². The summed E-state index contributed by atoms with van der Waals surface area (Å²) in [6, 6.07) is 3.84. The number of carbonyl (C=O) groups is 1. The number of aromatic nitrogens is 4. The Hall–Kier alpha value is -2.84. The first-order valence-electron chi connectivity index (χ1n) is 8.54. The summed E-state index contributed by atoms with van der Waals surface area (Å²) < 4.78 is 0. The second-order valence-corrected chi connectivity index (χ2v) is 6.64. The van der Waals surface area contributed by atoms with Gasteiger partial charge in [-0.1, -0.05) is 0 Å². The van der Waals surface area contributed by atoms with Crippen LogP contribution in [0.4, 0.5) is 22.4 Å². The van der Waals surface area contributed by atoms with Gasteiger partial charge in [0.25, 0.3) is 0 Å². The van der Waals surface area contributed by atoms with Crippen LogP contribution in [-0.2, 0) is 0 Å². The van der Waals surface area contributed by atoms with Crippen molar-refractivity contribution in [3.63, 3.8) is 0 Å². The fourth-order valence-corrected chi connectivity index (χ4v) is 3.12. The molecule has 1 aliphatic heterocycles. The normalized spacial score (nSPS) is 19.8. The summed E-state index contributed by atoms with van der Waals surface area (Å²) in [6.07, 6.45) is 4.12. The molecule has 4 rings (SSSR count). The van der Waals surface area contributed by atoms with Gasteiger partial charge in [-0.15, -0.1) is 0 Å². The minimum atomic E-state index is -0.981. The molecule has 2 aromatic heterocycles. The zero-order chi connectivity index (χ0) is 17.2. The molecule has 2 aliphatic rings. The maximum atomic E-state index is 10.6. The number of nitrogens with zero attached hydrogens (tertiary/aromatic N) is 4. The van der Waals surface area contributed by atoms with Gasteiger partial charge in [0, 0.05) is 43.5 Å². The second-order valence-electron chi connectivity index (χ2n) is 6.64. The van der Waals surface area contributed by atoms with E-state index in [4.69, 9.17) is 5.11 Å². The number of amides is 1. The smallest absolute Gasteiger partial charge is 0.404 e. The molecule has 0 radical (unpaired) electrons. The lowest BCUT2D eigenvalue weighted by Gasteiger charge is -2.17. The second kappa shape index (κ2) is 6.58. The van der Waals surface area contributed by atoms with E-state index in [-0.39, 0.29) is 5.92 Å². The van der Waals surface area contributed by atoms with E-state index in [1.54, 1.807) is 6.20 Å². The molecule has 0 unspecified atom stereocenters. The van der Waals surface area contributed by atoms with E-state index < -0.39 is 6.09 Å². The summed E-state index contributed by atoms with van der Waals surface area (Å²) in [6.45, 7) is 2.03. The molecule has 1 atom stereocenters. The first-order valence-corrected chi connectivity index (χ1v) is 8.54. The molecule has 3 heterocycles. The number of hydrogen-bond donors (Lipinski definition) is 4. The fraction of sp³-hybridized carbons (Fsp3) is 0.500.